The highest BCUT2D eigenvalue weighted by molar-refractivity contribution is 5.43. The van der Waals surface area contributed by atoms with E-state index in [0.29, 0.717) is 5.75 Å². The first kappa shape index (κ1) is 9.46. The lowest BCUT2D eigenvalue weighted by molar-refractivity contribution is 0.475. The fourth-order valence-corrected chi connectivity index (χ4v) is 2.44. The Bertz CT molecular complexity index is 509. The molecule has 1 aliphatic carbocycles. The Morgan fingerprint density at radius 1 is 1.19 bits per heavy atom. The van der Waals surface area contributed by atoms with Gasteiger partial charge in [0.15, 0.2) is 0 Å². The van der Waals surface area contributed by atoms with Crippen LogP contribution in [-0.2, 0) is 12.5 Å². The molecule has 2 aromatic rings. The molecule has 0 amide bonds. The smallest absolute Gasteiger partial charge is 0.115 e. The highest BCUT2D eigenvalue weighted by Gasteiger charge is 2.47. The molecule has 3 heteroatoms. The van der Waals surface area contributed by atoms with Gasteiger partial charge in [0.1, 0.15) is 5.75 Å². The topological polar surface area (TPSA) is 38.0 Å². The highest BCUT2D eigenvalue weighted by atomic mass is 16.3. The van der Waals surface area contributed by atoms with Crippen LogP contribution in [-0.4, -0.2) is 14.9 Å². The molecule has 16 heavy (non-hydrogen) atoms. The third kappa shape index (κ3) is 1.24. The highest BCUT2D eigenvalue weighted by Crippen LogP contribution is 2.53. The molecule has 1 aromatic heterocycles. The summed E-state index contributed by atoms with van der Waals surface area (Å²) in [7, 11) is 1.98. The summed E-state index contributed by atoms with van der Waals surface area (Å²) in [4.78, 5) is 0. The standard InChI is InChI=1S/C13H14N2O/c1-15-12(6-9-14-15)13(7-8-13)10-2-4-11(16)5-3-10/h2-6,9,16H,7-8H2,1H3. The first-order chi connectivity index (χ1) is 7.72. The third-order valence-corrected chi connectivity index (χ3v) is 3.48. The van der Waals surface area contributed by atoms with Crippen molar-refractivity contribution in [3.8, 4) is 5.75 Å². The normalized spacial score (nSPS) is 17.3. The van der Waals surface area contributed by atoms with Gasteiger partial charge in [0.05, 0.1) is 0 Å². The number of benzene rings is 1. The van der Waals surface area contributed by atoms with Crippen molar-refractivity contribution < 1.29 is 5.11 Å². The Morgan fingerprint density at radius 3 is 2.38 bits per heavy atom. The maximum absolute atomic E-state index is 9.31. The number of hydrogen-bond donors (Lipinski definition) is 1. The van der Waals surface area contributed by atoms with Crippen molar-refractivity contribution in [1.29, 1.82) is 0 Å². The van der Waals surface area contributed by atoms with E-state index in [1.165, 1.54) is 11.3 Å². The van der Waals surface area contributed by atoms with Crippen molar-refractivity contribution in [3.05, 3.63) is 47.8 Å². The van der Waals surface area contributed by atoms with Crippen LogP contribution in [0.25, 0.3) is 0 Å². The number of hydrogen-bond acceptors (Lipinski definition) is 2. The molecule has 0 bridgehead atoms. The molecule has 1 aliphatic rings. The molecule has 3 rings (SSSR count). The quantitative estimate of drug-likeness (QED) is 0.832. The van der Waals surface area contributed by atoms with Gasteiger partial charge in [-0.05, 0) is 36.6 Å². The van der Waals surface area contributed by atoms with Gasteiger partial charge in [-0.1, -0.05) is 12.1 Å². The van der Waals surface area contributed by atoms with Gasteiger partial charge in [0.25, 0.3) is 0 Å². The molecule has 82 valence electrons. The molecule has 1 aromatic carbocycles. The maximum Gasteiger partial charge on any atom is 0.115 e. The molecular formula is C13H14N2O. The lowest BCUT2D eigenvalue weighted by atomic mass is 9.92. The average molecular weight is 214 g/mol. The minimum Gasteiger partial charge on any atom is -0.508 e. The van der Waals surface area contributed by atoms with E-state index in [2.05, 4.69) is 11.2 Å². The van der Waals surface area contributed by atoms with Crippen LogP contribution in [0.4, 0.5) is 0 Å². The van der Waals surface area contributed by atoms with Crippen LogP contribution < -0.4 is 0 Å². The second-order valence-corrected chi connectivity index (χ2v) is 4.47. The Balaban J connectivity index is 2.06. The zero-order valence-corrected chi connectivity index (χ0v) is 9.22. The molecule has 1 fully saturated rings. The number of aromatic hydroxyl groups is 1. The summed E-state index contributed by atoms with van der Waals surface area (Å²) in [6, 6.07) is 9.61. The molecule has 0 spiro atoms. The molecule has 1 heterocycles. The van der Waals surface area contributed by atoms with Crippen LogP contribution in [0.3, 0.4) is 0 Å². The summed E-state index contributed by atoms with van der Waals surface area (Å²) in [5, 5.41) is 13.5. The number of rotatable bonds is 2. The van der Waals surface area contributed by atoms with Crippen molar-refractivity contribution in [2.24, 2.45) is 7.05 Å². The van der Waals surface area contributed by atoms with E-state index in [1.807, 2.05) is 30.1 Å². The second kappa shape index (κ2) is 3.11. The number of phenols is 1. The summed E-state index contributed by atoms with van der Waals surface area (Å²) in [5.41, 5.74) is 2.67. The number of nitrogens with zero attached hydrogens (tertiary/aromatic N) is 2. The van der Waals surface area contributed by atoms with Crippen LogP contribution >= 0.6 is 0 Å². The van der Waals surface area contributed by atoms with Gasteiger partial charge in [-0.25, -0.2) is 0 Å². The molecule has 3 nitrogen and oxygen atoms in total. The lowest BCUT2D eigenvalue weighted by Crippen LogP contribution is -2.13. The maximum atomic E-state index is 9.31. The van der Waals surface area contributed by atoms with Crippen LogP contribution in [0.1, 0.15) is 24.1 Å². The van der Waals surface area contributed by atoms with Gasteiger partial charge >= 0.3 is 0 Å². The van der Waals surface area contributed by atoms with Crippen LogP contribution in [0.15, 0.2) is 36.5 Å². The summed E-state index contributed by atoms with van der Waals surface area (Å²) in [6.45, 7) is 0. The monoisotopic (exact) mass is 214 g/mol. The SMILES string of the molecule is Cn1nccc1C1(c2ccc(O)cc2)CC1. The Morgan fingerprint density at radius 2 is 1.88 bits per heavy atom. The van der Waals surface area contributed by atoms with Crippen LogP contribution in [0.2, 0.25) is 0 Å². The Kier molecular flexibility index (Phi) is 1.84. The van der Waals surface area contributed by atoms with Crippen molar-refractivity contribution in [2.45, 2.75) is 18.3 Å². The molecule has 0 radical (unpaired) electrons. The third-order valence-electron chi connectivity index (χ3n) is 3.48. The largest absolute Gasteiger partial charge is 0.508 e. The van der Waals surface area contributed by atoms with Gasteiger partial charge in [-0.2, -0.15) is 5.10 Å². The van der Waals surface area contributed by atoms with Gasteiger partial charge in [0.2, 0.25) is 0 Å². The average Bonchev–Trinajstić information content (AvgIpc) is 2.97. The van der Waals surface area contributed by atoms with Crippen molar-refractivity contribution in [1.82, 2.24) is 9.78 Å². The second-order valence-electron chi connectivity index (χ2n) is 4.47. The molecule has 0 aliphatic heterocycles. The Hall–Kier alpha value is -1.77. The predicted molar refractivity (Wildman–Crippen MR) is 61.3 cm³/mol. The van der Waals surface area contributed by atoms with Crippen LogP contribution in [0.5, 0.6) is 5.75 Å². The van der Waals surface area contributed by atoms with Gasteiger partial charge in [-0.15, -0.1) is 0 Å². The van der Waals surface area contributed by atoms with Gasteiger partial charge in [0, 0.05) is 24.4 Å². The summed E-state index contributed by atoms with van der Waals surface area (Å²) in [5.74, 6) is 0.324. The summed E-state index contributed by atoms with van der Waals surface area (Å²) < 4.78 is 1.94. The fourth-order valence-electron chi connectivity index (χ4n) is 2.44. The fraction of sp³-hybridized carbons (Fsp3) is 0.308. The zero-order chi connectivity index (χ0) is 11.2. The first-order valence-corrected chi connectivity index (χ1v) is 5.50. The summed E-state index contributed by atoms with van der Waals surface area (Å²) >= 11 is 0. The van der Waals surface area contributed by atoms with E-state index in [0.717, 1.165) is 12.8 Å². The van der Waals surface area contributed by atoms with E-state index < -0.39 is 0 Å². The Labute approximate surface area is 94.3 Å². The summed E-state index contributed by atoms with van der Waals surface area (Å²) in [6.07, 6.45) is 4.17. The van der Waals surface area contributed by atoms with E-state index >= 15 is 0 Å². The molecular weight excluding hydrogens is 200 g/mol. The lowest BCUT2D eigenvalue weighted by Gasteiger charge is -2.16. The van der Waals surface area contributed by atoms with Gasteiger partial charge in [-0.3, -0.25) is 4.68 Å². The van der Waals surface area contributed by atoms with E-state index in [-0.39, 0.29) is 5.41 Å². The molecule has 0 unspecified atom stereocenters. The van der Waals surface area contributed by atoms with Crippen LogP contribution in [0, 0.1) is 0 Å². The first-order valence-electron chi connectivity index (χ1n) is 5.50. The van der Waals surface area contributed by atoms with Gasteiger partial charge < -0.3 is 5.11 Å². The van der Waals surface area contributed by atoms with Crippen molar-refractivity contribution in [2.75, 3.05) is 0 Å². The number of aromatic nitrogens is 2. The molecule has 1 saturated carbocycles. The van der Waals surface area contributed by atoms with E-state index in [4.69, 9.17) is 0 Å². The minimum absolute atomic E-state index is 0.138. The minimum atomic E-state index is 0.138. The molecule has 1 N–H and O–H groups in total. The molecule has 0 saturated heterocycles. The zero-order valence-electron chi connectivity index (χ0n) is 9.22. The van der Waals surface area contributed by atoms with Crippen molar-refractivity contribution in [3.63, 3.8) is 0 Å². The number of phenolic OH excluding ortho intramolecular Hbond substituents is 1. The van der Waals surface area contributed by atoms with E-state index in [9.17, 15) is 5.11 Å². The van der Waals surface area contributed by atoms with Crippen molar-refractivity contribution >= 4 is 0 Å². The van der Waals surface area contributed by atoms with E-state index in [1.54, 1.807) is 12.1 Å². The number of aryl methyl sites for hydroxylation is 1. The molecule has 0 atom stereocenters. The predicted octanol–water partition coefficient (Wildman–Crippen LogP) is 2.21.